The average molecular weight is 193 g/mol. The highest BCUT2D eigenvalue weighted by molar-refractivity contribution is 7.98. The van der Waals surface area contributed by atoms with Crippen molar-refractivity contribution >= 4 is 17.4 Å². The van der Waals surface area contributed by atoms with Gasteiger partial charge in [-0.2, -0.15) is 0 Å². The van der Waals surface area contributed by atoms with Gasteiger partial charge in [-0.05, 0) is 18.4 Å². The summed E-state index contributed by atoms with van der Waals surface area (Å²) in [5.41, 5.74) is 0.849. The summed E-state index contributed by atoms with van der Waals surface area (Å²) in [6.07, 6.45) is 7.06. The van der Waals surface area contributed by atoms with Crippen molar-refractivity contribution in [1.82, 2.24) is 0 Å². The Morgan fingerprint density at radius 2 is 2.31 bits per heavy atom. The van der Waals surface area contributed by atoms with Crippen molar-refractivity contribution in [2.24, 2.45) is 0 Å². The van der Waals surface area contributed by atoms with Gasteiger partial charge in [0.05, 0.1) is 6.54 Å². The monoisotopic (exact) mass is 193 g/mol. The second-order valence-electron chi connectivity index (χ2n) is 2.48. The van der Waals surface area contributed by atoms with Crippen molar-refractivity contribution in [2.45, 2.75) is 4.90 Å². The second-order valence-corrected chi connectivity index (χ2v) is 3.36. The minimum absolute atomic E-state index is 0.256. The van der Waals surface area contributed by atoms with E-state index < -0.39 is 0 Å². The van der Waals surface area contributed by atoms with Crippen LogP contribution < -0.4 is 5.32 Å². The Bertz CT molecular complexity index is 330. The van der Waals surface area contributed by atoms with Crippen LogP contribution in [-0.2, 0) is 0 Å². The summed E-state index contributed by atoms with van der Waals surface area (Å²) in [7, 11) is 0. The molecule has 0 saturated carbocycles. The van der Waals surface area contributed by atoms with E-state index in [0.717, 1.165) is 10.6 Å². The first-order valence-electron chi connectivity index (χ1n) is 3.81. The molecule has 13 heavy (non-hydrogen) atoms. The molecule has 2 N–H and O–H groups in total. The minimum Gasteiger partial charge on any atom is -0.508 e. The minimum atomic E-state index is 0.256. The molecule has 0 unspecified atom stereocenters. The lowest BCUT2D eigenvalue weighted by Gasteiger charge is -2.05. The van der Waals surface area contributed by atoms with Crippen LogP contribution in [0.15, 0.2) is 23.1 Å². The highest BCUT2D eigenvalue weighted by Crippen LogP contribution is 2.25. The molecule has 0 saturated heterocycles. The summed E-state index contributed by atoms with van der Waals surface area (Å²) in [5, 5.41) is 12.3. The molecular weight excluding hydrogens is 182 g/mol. The smallest absolute Gasteiger partial charge is 0.118 e. The van der Waals surface area contributed by atoms with Gasteiger partial charge < -0.3 is 10.4 Å². The zero-order chi connectivity index (χ0) is 9.68. The predicted molar refractivity (Wildman–Crippen MR) is 57.2 cm³/mol. The molecule has 0 spiro atoms. The molecule has 0 aliphatic rings. The van der Waals surface area contributed by atoms with Gasteiger partial charge >= 0.3 is 0 Å². The van der Waals surface area contributed by atoms with E-state index in [1.807, 2.05) is 12.3 Å². The Balaban J connectivity index is 2.83. The topological polar surface area (TPSA) is 32.3 Å². The summed E-state index contributed by atoms with van der Waals surface area (Å²) in [6, 6.07) is 5.31. The van der Waals surface area contributed by atoms with E-state index in [-0.39, 0.29) is 5.75 Å². The van der Waals surface area contributed by atoms with Gasteiger partial charge in [0.25, 0.3) is 0 Å². The Labute approximate surface area is 82.4 Å². The van der Waals surface area contributed by atoms with Crippen LogP contribution in [0.2, 0.25) is 0 Å². The summed E-state index contributed by atoms with van der Waals surface area (Å²) >= 11 is 1.58. The first-order chi connectivity index (χ1) is 6.26. The molecule has 2 nitrogen and oxygen atoms in total. The number of benzene rings is 1. The molecule has 0 amide bonds. The third kappa shape index (κ3) is 2.92. The van der Waals surface area contributed by atoms with Crippen LogP contribution in [0.5, 0.6) is 5.75 Å². The second kappa shape index (κ2) is 4.68. The number of nitrogens with one attached hydrogen (secondary N) is 1. The van der Waals surface area contributed by atoms with Crippen molar-refractivity contribution in [3.05, 3.63) is 18.2 Å². The van der Waals surface area contributed by atoms with Crippen LogP contribution in [0.4, 0.5) is 5.69 Å². The summed E-state index contributed by atoms with van der Waals surface area (Å²) in [5.74, 6) is 2.73. The standard InChI is InChI=1S/C10H11NOS/c1-3-4-11-8-5-9(12)7-10(6-8)13-2/h1,5-7,11-12H,4H2,2H3. The Morgan fingerprint density at radius 3 is 2.92 bits per heavy atom. The Morgan fingerprint density at radius 1 is 1.54 bits per heavy atom. The molecule has 1 rings (SSSR count). The fourth-order valence-corrected chi connectivity index (χ4v) is 1.44. The van der Waals surface area contributed by atoms with Gasteiger partial charge in [0.2, 0.25) is 0 Å². The lowest BCUT2D eigenvalue weighted by molar-refractivity contribution is 0.474. The van der Waals surface area contributed by atoms with Crippen LogP contribution in [0.1, 0.15) is 0 Å². The lowest BCUT2D eigenvalue weighted by atomic mass is 10.3. The van der Waals surface area contributed by atoms with Gasteiger partial charge in [-0.15, -0.1) is 18.2 Å². The van der Waals surface area contributed by atoms with E-state index in [1.165, 1.54) is 0 Å². The zero-order valence-electron chi connectivity index (χ0n) is 7.37. The number of anilines is 1. The maximum absolute atomic E-state index is 9.32. The SMILES string of the molecule is C#CCNc1cc(O)cc(SC)c1. The number of hydrogen-bond acceptors (Lipinski definition) is 3. The van der Waals surface area contributed by atoms with E-state index in [2.05, 4.69) is 11.2 Å². The molecule has 0 heterocycles. The highest BCUT2D eigenvalue weighted by atomic mass is 32.2. The summed E-state index contributed by atoms with van der Waals surface area (Å²) in [6.45, 7) is 0.470. The van der Waals surface area contributed by atoms with E-state index in [0.29, 0.717) is 6.54 Å². The van der Waals surface area contributed by atoms with Crippen LogP contribution in [0.3, 0.4) is 0 Å². The molecule has 3 heteroatoms. The fourth-order valence-electron chi connectivity index (χ4n) is 0.956. The van der Waals surface area contributed by atoms with Crippen LogP contribution >= 0.6 is 11.8 Å². The molecule has 0 aliphatic carbocycles. The maximum Gasteiger partial charge on any atom is 0.118 e. The number of phenols is 1. The van der Waals surface area contributed by atoms with Crippen molar-refractivity contribution in [1.29, 1.82) is 0 Å². The number of aromatic hydroxyl groups is 1. The molecule has 1 aromatic rings. The Hall–Kier alpha value is -1.27. The normalized spacial score (nSPS) is 9.23. The first-order valence-corrected chi connectivity index (χ1v) is 5.04. The van der Waals surface area contributed by atoms with Crippen molar-refractivity contribution in [3.63, 3.8) is 0 Å². The molecule has 1 aromatic carbocycles. The molecule has 0 aliphatic heterocycles. The van der Waals surface area contributed by atoms with Gasteiger partial charge in [0, 0.05) is 16.6 Å². The van der Waals surface area contributed by atoms with Crippen LogP contribution in [-0.4, -0.2) is 17.9 Å². The number of terminal acetylenes is 1. The molecule has 0 fully saturated rings. The van der Waals surface area contributed by atoms with Gasteiger partial charge in [0.1, 0.15) is 5.75 Å². The Kier molecular flexibility index (Phi) is 3.53. The van der Waals surface area contributed by atoms with Crippen molar-refractivity contribution < 1.29 is 5.11 Å². The third-order valence-corrected chi connectivity index (χ3v) is 2.23. The zero-order valence-corrected chi connectivity index (χ0v) is 8.19. The van der Waals surface area contributed by atoms with Crippen molar-refractivity contribution in [3.8, 4) is 18.1 Å². The average Bonchev–Trinajstić information content (AvgIpc) is 2.14. The largest absolute Gasteiger partial charge is 0.508 e. The summed E-state index contributed by atoms with van der Waals surface area (Å²) in [4.78, 5) is 1.01. The van der Waals surface area contributed by atoms with E-state index in [9.17, 15) is 5.11 Å². The lowest BCUT2D eigenvalue weighted by Crippen LogP contribution is -1.97. The molecular formula is C10H11NOS. The number of phenolic OH excluding ortho intramolecular Hbond substituents is 1. The molecule has 0 bridgehead atoms. The van der Waals surface area contributed by atoms with Crippen molar-refractivity contribution in [2.75, 3.05) is 18.1 Å². The predicted octanol–water partition coefficient (Wildman–Crippen LogP) is 2.16. The van der Waals surface area contributed by atoms with Gasteiger partial charge in [0.15, 0.2) is 0 Å². The highest BCUT2D eigenvalue weighted by Gasteiger charge is 1.97. The fraction of sp³-hybridized carbons (Fsp3) is 0.200. The maximum atomic E-state index is 9.32. The van der Waals surface area contributed by atoms with E-state index in [1.54, 1.807) is 23.9 Å². The summed E-state index contributed by atoms with van der Waals surface area (Å²) < 4.78 is 0. The molecule has 68 valence electrons. The van der Waals surface area contributed by atoms with E-state index in [4.69, 9.17) is 6.42 Å². The number of hydrogen-bond donors (Lipinski definition) is 2. The number of thioether (sulfide) groups is 1. The quantitative estimate of drug-likeness (QED) is 0.570. The molecule has 0 radical (unpaired) electrons. The molecule has 0 atom stereocenters. The number of rotatable bonds is 3. The van der Waals surface area contributed by atoms with E-state index >= 15 is 0 Å². The third-order valence-electron chi connectivity index (χ3n) is 1.52. The van der Waals surface area contributed by atoms with Gasteiger partial charge in [-0.25, -0.2) is 0 Å². The van der Waals surface area contributed by atoms with Gasteiger partial charge in [-0.1, -0.05) is 5.92 Å². The van der Waals surface area contributed by atoms with Gasteiger partial charge in [-0.3, -0.25) is 0 Å². The van der Waals surface area contributed by atoms with Crippen LogP contribution in [0, 0.1) is 12.3 Å². The van der Waals surface area contributed by atoms with Crippen LogP contribution in [0.25, 0.3) is 0 Å². The first kappa shape index (κ1) is 9.82. The molecule has 0 aromatic heterocycles.